The van der Waals surface area contributed by atoms with Gasteiger partial charge in [0.2, 0.25) is 11.8 Å². The van der Waals surface area contributed by atoms with E-state index in [-0.39, 0.29) is 11.8 Å². The van der Waals surface area contributed by atoms with E-state index in [0.29, 0.717) is 25.8 Å². The minimum absolute atomic E-state index is 0.0144. The second-order valence-electron chi connectivity index (χ2n) is 7.85. The fourth-order valence-electron chi connectivity index (χ4n) is 3.26. The molecule has 4 nitrogen and oxygen atoms in total. The molecule has 2 N–H and O–H groups in total. The molecule has 3 rings (SSSR count). The summed E-state index contributed by atoms with van der Waals surface area (Å²) in [6.07, 6.45) is 6.10. The van der Waals surface area contributed by atoms with Crippen molar-refractivity contribution in [3.05, 3.63) is 101 Å². The summed E-state index contributed by atoms with van der Waals surface area (Å²) in [7, 11) is 0. The number of benzene rings is 3. The first kappa shape index (κ1) is 23.0. The van der Waals surface area contributed by atoms with Gasteiger partial charge in [0.1, 0.15) is 0 Å². The number of aryl methyl sites for hydroxylation is 1. The molecule has 0 fully saturated rings. The Bertz CT molecular complexity index is 1020. The number of amides is 2. The quantitative estimate of drug-likeness (QED) is 0.413. The molecule has 0 aliphatic heterocycles. The first-order valence-corrected chi connectivity index (χ1v) is 11.0. The summed E-state index contributed by atoms with van der Waals surface area (Å²) < 4.78 is 0. The van der Waals surface area contributed by atoms with Gasteiger partial charge >= 0.3 is 0 Å². The standard InChI is InChI=1S/C28H30N2O2/c1-22-10-12-25(13-11-22)20-21-29-27(31)8-5-9-28(32)30-26-18-16-24(17-19-26)15-14-23-6-3-2-4-7-23/h2-4,6-7,10-19H,5,8-9,20-21H2,1H3,(H,29,31)(H,30,32)/b15-14+. The SMILES string of the molecule is Cc1ccc(CCNC(=O)CCCC(=O)Nc2ccc(/C=C/c3ccccc3)cc2)cc1. The summed E-state index contributed by atoms with van der Waals surface area (Å²) in [5.41, 5.74) is 5.40. The molecule has 0 spiro atoms. The van der Waals surface area contributed by atoms with E-state index in [1.165, 1.54) is 11.1 Å². The van der Waals surface area contributed by atoms with Crippen molar-refractivity contribution >= 4 is 29.7 Å². The van der Waals surface area contributed by atoms with Crippen LogP contribution >= 0.6 is 0 Å². The highest BCUT2D eigenvalue weighted by atomic mass is 16.2. The van der Waals surface area contributed by atoms with E-state index in [2.05, 4.69) is 60.0 Å². The third-order valence-corrected chi connectivity index (χ3v) is 5.13. The molecule has 164 valence electrons. The number of carbonyl (C=O) groups excluding carboxylic acids is 2. The molecule has 3 aromatic carbocycles. The number of anilines is 1. The third kappa shape index (κ3) is 8.23. The summed E-state index contributed by atoms with van der Waals surface area (Å²) in [5, 5.41) is 5.81. The van der Waals surface area contributed by atoms with Gasteiger partial charge in [-0.1, -0.05) is 84.4 Å². The van der Waals surface area contributed by atoms with E-state index >= 15 is 0 Å². The van der Waals surface area contributed by atoms with Crippen LogP contribution in [0.25, 0.3) is 12.2 Å². The Kier molecular flexibility index (Phi) is 8.81. The van der Waals surface area contributed by atoms with Crippen LogP contribution in [0.4, 0.5) is 5.69 Å². The topological polar surface area (TPSA) is 58.2 Å². The second-order valence-corrected chi connectivity index (χ2v) is 7.85. The van der Waals surface area contributed by atoms with Crippen LogP contribution in [0.1, 0.15) is 41.5 Å². The van der Waals surface area contributed by atoms with Crippen molar-refractivity contribution in [3.63, 3.8) is 0 Å². The molecule has 2 amide bonds. The van der Waals surface area contributed by atoms with Crippen LogP contribution in [-0.4, -0.2) is 18.4 Å². The van der Waals surface area contributed by atoms with Crippen LogP contribution < -0.4 is 10.6 Å². The Morgan fingerprint density at radius 2 is 1.38 bits per heavy atom. The molecule has 0 radical (unpaired) electrons. The van der Waals surface area contributed by atoms with Crippen LogP contribution in [0.5, 0.6) is 0 Å². The van der Waals surface area contributed by atoms with Crippen LogP contribution in [0, 0.1) is 6.92 Å². The first-order chi connectivity index (χ1) is 15.6. The van der Waals surface area contributed by atoms with Gasteiger partial charge in [-0.05, 0) is 48.6 Å². The lowest BCUT2D eigenvalue weighted by Gasteiger charge is -2.07. The van der Waals surface area contributed by atoms with Gasteiger partial charge in [-0.2, -0.15) is 0 Å². The molecule has 32 heavy (non-hydrogen) atoms. The van der Waals surface area contributed by atoms with Crippen LogP contribution in [0.3, 0.4) is 0 Å². The highest BCUT2D eigenvalue weighted by molar-refractivity contribution is 5.91. The molecule has 0 aliphatic rings. The minimum Gasteiger partial charge on any atom is -0.356 e. The van der Waals surface area contributed by atoms with Crippen molar-refractivity contribution in [1.29, 1.82) is 0 Å². The molecule has 0 saturated heterocycles. The maximum atomic E-state index is 12.2. The van der Waals surface area contributed by atoms with Crippen molar-refractivity contribution in [2.45, 2.75) is 32.6 Å². The summed E-state index contributed by atoms with van der Waals surface area (Å²) >= 11 is 0. The predicted octanol–water partition coefficient (Wildman–Crippen LogP) is 5.63. The highest BCUT2D eigenvalue weighted by Crippen LogP contribution is 2.13. The number of hydrogen-bond donors (Lipinski definition) is 2. The average molecular weight is 427 g/mol. The number of carbonyl (C=O) groups is 2. The van der Waals surface area contributed by atoms with E-state index in [4.69, 9.17) is 0 Å². The van der Waals surface area contributed by atoms with E-state index in [1.807, 2.05) is 48.5 Å². The predicted molar refractivity (Wildman–Crippen MR) is 132 cm³/mol. The number of rotatable bonds is 10. The molecule has 0 unspecified atom stereocenters. The van der Waals surface area contributed by atoms with Crippen LogP contribution in [-0.2, 0) is 16.0 Å². The smallest absolute Gasteiger partial charge is 0.224 e. The van der Waals surface area contributed by atoms with Gasteiger partial charge in [-0.3, -0.25) is 9.59 Å². The second kappa shape index (κ2) is 12.3. The lowest BCUT2D eigenvalue weighted by Crippen LogP contribution is -2.25. The molecule has 0 heterocycles. The van der Waals surface area contributed by atoms with Crippen molar-refractivity contribution < 1.29 is 9.59 Å². The van der Waals surface area contributed by atoms with Crippen molar-refractivity contribution in [2.75, 3.05) is 11.9 Å². The first-order valence-electron chi connectivity index (χ1n) is 11.0. The van der Waals surface area contributed by atoms with E-state index < -0.39 is 0 Å². The van der Waals surface area contributed by atoms with Crippen molar-refractivity contribution in [2.24, 2.45) is 0 Å². The summed E-state index contributed by atoms with van der Waals surface area (Å²) in [4.78, 5) is 24.1. The van der Waals surface area contributed by atoms with Gasteiger partial charge < -0.3 is 10.6 Å². The van der Waals surface area contributed by atoms with Gasteiger partial charge in [-0.25, -0.2) is 0 Å². The number of nitrogens with one attached hydrogen (secondary N) is 2. The monoisotopic (exact) mass is 426 g/mol. The fourth-order valence-corrected chi connectivity index (χ4v) is 3.26. The highest BCUT2D eigenvalue weighted by Gasteiger charge is 2.06. The van der Waals surface area contributed by atoms with Gasteiger partial charge in [0.15, 0.2) is 0 Å². The molecule has 0 saturated carbocycles. The Morgan fingerprint density at radius 3 is 2.06 bits per heavy atom. The van der Waals surface area contributed by atoms with Crippen molar-refractivity contribution in [1.82, 2.24) is 5.32 Å². The Morgan fingerprint density at radius 1 is 0.750 bits per heavy atom. The molecule has 0 atom stereocenters. The molecule has 3 aromatic rings. The summed E-state index contributed by atoms with van der Waals surface area (Å²) in [5.74, 6) is -0.0931. The lowest BCUT2D eigenvalue weighted by atomic mass is 10.1. The lowest BCUT2D eigenvalue weighted by molar-refractivity contribution is -0.121. The van der Waals surface area contributed by atoms with Gasteiger partial charge in [0.25, 0.3) is 0 Å². The van der Waals surface area contributed by atoms with Gasteiger partial charge in [0.05, 0.1) is 0 Å². The van der Waals surface area contributed by atoms with E-state index in [1.54, 1.807) is 0 Å². The summed E-state index contributed by atoms with van der Waals surface area (Å²) in [6, 6.07) is 26.1. The van der Waals surface area contributed by atoms with Gasteiger partial charge in [0, 0.05) is 25.1 Å². The fraction of sp³-hybridized carbons (Fsp3) is 0.214. The van der Waals surface area contributed by atoms with Crippen LogP contribution in [0.15, 0.2) is 78.9 Å². The zero-order chi connectivity index (χ0) is 22.6. The third-order valence-electron chi connectivity index (χ3n) is 5.13. The Hall–Kier alpha value is -3.66. The maximum Gasteiger partial charge on any atom is 0.224 e. The Labute approximate surface area is 190 Å². The molecular weight excluding hydrogens is 396 g/mol. The van der Waals surface area contributed by atoms with E-state index in [9.17, 15) is 9.59 Å². The molecule has 4 heteroatoms. The number of hydrogen-bond acceptors (Lipinski definition) is 2. The van der Waals surface area contributed by atoms with Crippen LogP contribution in [0.2, 0.25) is 0 Å². The molecule has 0 aromatic heterocycles. The molecular formula is C28H30N2O2. The van der Waals surface area contributed by atoms with Gasteiger partial charge in [-0.15, -0.1) is 0 Å². The largest absolute Gasteiger partial charge is 0.356 e. The zero-order valence-electron chi connectivity index (χ0n) is 18.5. The summed E-state index contributed by atoms with van der Waals surface area (Å²) in [6.45, 7) is 2.67. The zero-order valence-corrected chi connectivity index (χ0v) is 18.5. The molecule has 0 aliphatic carbocycles. The van der Waals surface area contributed by atoms with Crippen molar-refractivity contribution in [3.8, 4) is 0 Å². The molecule has 0 bridgehead atoms. The normalized spacial score (nSPS) is 10.8. The maximum absolute atomic E-state index is 12.2. The Balaban J connectivity index is 1.32. The van der Waals surface area contributed by atoms with E-state index in [0.717, 1.165) is 23.2 Å². The minimum atomic E-state index is -0.0787. The average Bonchev–Trinajstić information content (AvgIpc) is 2.80.